The molecule has 1 aromatic rings. The summed E-state index contributed by atoms with van der Waals surface area (Å²) in [4.78, 5) is 0. The lowest BCUT2D eigenvalue weighted by atomic mass is 9.71. The Morgan fingerprint density at radius 1 is 1.26 bits per heavy atom. The van der Waals surface area contributed by atoms with Crippen molar-refractivity contribution in [2.75, 3.05) is 6.54 Å². The molecule has 106 valence electrons. The minimum atomic E-state index is -2.54. The van der Waals surface area contributed by atoms with Crippen molar-refractivity contribution in [2.45, 2.75) is 56.4 Å². The van der Waals surface area contributed by atoms with Crippen LogP contribution in [0.3, 0.4) is 0 Å². The number of alkyl halides is 2. The third kappa shape index (κ3) is 2.63. The van der Waals surface area contributed by atoms with Crippen molar-refractivity contribution in [3.63, 3.8) is 0 Å². The molecule has 2 saturated carbocycles. The van der Waals surface area contributed by atoms with E-state index in [1.807, 2.05) is 10.9 Å². The van der Waals surface area contributed by atoms with Gasteiger partial charge < -0.3 is 5.73 Å². The normalized spacial score (nSPS) is 25.4. The Labute approximate surface area is 111 Å². The van der Waals surface area contributed by atoms with E-state index in [0.29, 0.717) is 19.4 Å². The van der Waals surface area contributed by atoms with Gasteiger partial charge in [0.05, 0.1) is 5.69 Å². The molecule has 0 spiro atoms. The molecule has 0 unspecified atom stereocenters. The first kappa shape index (κ1) is 13.0. The summed E-state index contributed by atoms with van der Waals surface area (Å²) in [5.74, 6) is -1.82. The fraction of sp³-hybridized carbons (Fsp3) is 0.846. The fourth-order valence-electron chi connectivity index (χ4n) is 2.85. The summed E-state index contributed by atoms with van der Waals surface area (Å²) in [6.07, 6.45) is 5.03. The molecular formula is C13H20F2N4. The van der Waals surface area contributed by atoms with Crippen molar-refractivity contribution in [3.05, 3.63) is 11.9 Å². The second kappa shape index (κ2) is 4.51. The van der Waals surface area contributed by atoms with E-state index >= 15 is 0 Å². The van der Waals surface area contributed by atoms with E-state index in [9.17, 15) is 8.78 Å². The number of aromatic nitrogens is 3. The van der Waals surface area contributed by atoms with Gasteiger partial charge in [-0.3, -0.25) is 4.68 Å². The highest BCUT2D eigenvalue weighted by Crippen LogP contribution is 2.44. The highest BCUT2D eigenvalue weighted by atomic mass is 19.3. The van der Waals surface area contributed by atoms with Crippen LogP contribution in [0.2, 0.25) is 0 Å². The molecule has 0 atom stereocenters. The van der Waals surface area contributed by atoms with Gasteiger partial charge in [-0.15, -0.1) is 5.10 Å². The average molecular weight is 270 g/mol. The third-order valence-electron chi connectivity index (χ3n) is 4.55. The van der Waals surface area contributed by atoms with Crippen LogP contribution in [-0.2, 0) is 12.0 Å². The van der Waals surface area contributed by atoms with E-state index in [-0.39, 0.29) is 12.8 Å². The second-order valence-electron chi connectivity index (χ2n) is 6.11. The number of nitrogens with two attached hydrogens (primary N) is 1. The highest BCUT2D eigenvalue weighted by Gasteiger charge is 2.45. The predicted octanol–water partition coefficient (Wildman–Crippen LogP) is 2.09. The van der Waals surface area contributed by atoms with E-state index in [1.54, 1.807) is 0 Å². The van der Waals surface area contributed by atoms with Gasteiger partial charge >= 0.3 is 0 Å². The summed E-state index contributed by atoms with van der Waals surface area (Å²) in [6.45, 7) is 1.26. The monoisotopic (exact) mass is 270 g/mol. The molecule has 1 aromatic heterocycles. The summed E-state index contributed by atoms with van der Waals surface area (Å²) < 4.78 is 28.5. The van der Waals surface area contributed by atoms with Crippen LogP contribution in [0.5, 0.6) is 0 Å². The zero-order valence-electron chi connectivity index (χ0n) is 11.0. The van der Waals surface area contributed by atoms with Crippen LogP contribution in [0.4, 0.5) is 8.78 Å². The number of nitrogens with zero attached hydrogens (tertiary/aromatic N) is 3. The van der Waals surface area contributed by atoms with Gasteiger partial charge in [-0.05, 0) is 31.6 Å². The fourth-order valence-corrected chi connectivity index (χ4v) is 2.85. The standard InChI is InChI=1S/C13H20F2N4/c14-13(15)5-3-12(9-16,4-6-13)11-8-19(18-17-11)7-10-1-2-10/h8,10H,1-7,9,16H2. The van der Waals surface area contributed by atoms with E-state index in [2.05, 4.69) is 10.3 Å². The van der Waals surface area contributed by atoms with Crippen LogP contribution in [0.25, 0.3) is 0 Å². The Hall–Kier alpha value is -1.04. The van der Waals surface area contributed by atoms with E-state index in [1.165, 1.54) is 12.8 Å². The molecule has 1 heterocycles. The molecule has 2 aliphatic rings. The van der Waals surface area contributed by atoms with Gasteiger partial charge in [0.15, 0.2) is 0 Å². The molecule has 4 nitrogen and oxygen atoms in total. The maximum Gasteiger partial charge on any atom is 0.248 e. The van der Waals surface area contributed by atoms with Gasteiger partial charge in [0.2, 0.25) is 5.92 Å². The van der Waals surface area contributed by atoms with Crippen molar-refractivity contribution in [1.82, 2.24) is 15.0 Å². The summed E-state index contributed by atoms with van der Waals surface area (Å²) in [5.41, 5.74) is 6.26. The van der Waals surface area contributed by atoms with Gasteiger partial charge in [-0.1, -0.05) is 5.21 Å². The third-order valence-corrected chi connectivity index (χ3v) is 4.55. The SMILES string of the molecule is NCC1(c2cn(CC3CC3)nn2)CCC(F)(F)CC1. The molecule has 6 heteroatoms. The van der Waals surface area contributed by atoms with Crippen molar-refractivity contribution in [1.29, 1.82) is 0 Å². The van der Waals surface area contributed by atoms with Gasteiger partial charge in [0.25, 0.3) is 0 Å². The molecule has 0 amide bonds. The summed E-state index contributed by atoms with van der Waals surface area (Å²) in [7, 11) is 0. The van der Waals surface area contributed by atoms with Gasteiger partial charge in [0, 0.05) is 37.5 Å². The Bertz CT molecular complexity index is 443. The van der Waals surface area contributed by atoms with Crippen LogP contribution < -0.4 is 5.73 Å². The zero-order chi connectivity index (χ0) is 13.5. The van der Waals surface area contributed by atoms with Crippen LogP contribution in [0.1, 0.15) is 44.2 Å². The minimum absolute atomic E-state index is 0.0975. The maximum atomic E-state index is 13.3. The second-order valence-corrected chi connectivity index (χ2v) is 6.11. The number of halogens is 2. The van der Waals surface area contributed by atoms with Crippen molar-refractivity contribution < 1.29 is 8.78 Å². The molecule has 2 N–H and O–H groups in total. The summed E-state index contributed by atoms with van der Waals surface area (Å²) in [6, 6.07) is 0. The molecule has 0 radical (unpaired) electrons. The molecule has 0 aliphatic heterocycles. The molecule has 0 bridgehead atoms. The lowest BCUT2D eigenvalue weighted by Crippen LogP contribution is -2.42. The zero-order valence-corrected chi connectivity index (χ0v) is 11.0. The van der Waals surface area contributed by atoms with Crippen LogP contribution in [-0.4, -0.2) is 27.5 Å². The van der Waals surface area contributed by atoms with Gasteiger partial charge in [-0.25, -0.2) is 8.78 Å². The predicted molar refractivity (Wildman–Crippen MR) is 66.9 cm³/mol. The first-order chi connectivity index (χ1) is 9.03. The summed E-state index contributed by atoms with van der Waals surface area (Å²) in [5, 5.41) is 8.32. The van der Waals surface area contributed by atoms with Gasteiger partial charge in [0.1, 0.15) is 0 Å². The number of hydrogen-bond donors (Lipinski definition) is 1. The molecule has 0 saturated heterocycles. The number of hydrogen-bond acceptors (Lipinski definition) is 3. The molecule has 2 aliphatic carbocycles. The van der Waals surface area contributed by atoms with Gasteiger partial charge in [-0.2, -0.15) is 0 Å². The molecule has 3 rings (SSSR count). The molecular weight excluding hydrogens is 250 g/mol. The summed E-state index contributed by atoms with van der Waals surface area (Å²) >= 11 is 0. The average Bonchev–Trinajstić information content (AvgIpc) is 3.07. The quantitative estimate of drug-likeness (QED) is 0.911. The Balaban J connectivity index is 1.75. The van der Waals surface area contributed by atoms with Crippen LogP contribution in [0, 0.1) is 5.92 Å². The van der Waals surface area contributed by atoms with Crippen molar-refractivity contribution >= 4 is 0 Å². The number of rotatable bonds is 4. The van der Waals surface area contributed by atoms with E-state index < -0.39 is 11.3 Å². The topological polar surface area (TPSA) is 56.7 Å². The minimum Gasteiger partial charge on any atom is -0.330 e. The molecule has 2 fully saturated rings. The Morgan fingerprint density at radius 2 is 1.95 bits per heavy atom. The Morgan fingerprint density at radius 3 is 2.53 bits per heavy atom. The van der Waals surface area contributed by atoms with Crippen LogP contribution >= 0.6 is 0 Å². The molecule has 19 heavy (non-hydrogen) atoms. The van der Waals surface area contributed by atoms with E-state index in [4.69, 9.17) is 5.73 Å². The Kier molecular flexibility index (Phi) is 3.08. The first-order valence-electron chi connectivity index (χ1n) is 7.02. The van der Waals surface area contributed by atoms with Crippen LogP contribution in [0.15, 0.2) is 6.20 Å². The lowest BCUT2D eigenvalue weighted by Gasteiger charge is -2.37. The molecule has 0 aromatic carbocycles. The highest BCUT2D eigenvalue weighted by molar-refractivity contribution is 5.15. The smallest absolute Gasteiger partial charge is 0.248 e. The van der Waals surface area contributed by atoms with Crippen molar-refractivity contribution in [2.24, 2.45) is 11.7 Å². The van der Waals surface area contributed by atoms with Crippen molar-refractivity contribution in [3.8, 4) is 0 Å². The lowest BCUT2D eigenvalue weighted by molar-refractivity contribution is -0.0514. The maximum absolute atomic E-state index is 13.3. The largest absolute Gasteiger partial charge is 0.330 e. The van der Waals surface area contributed by atoms with E-state index in [0.717, 1.165) is 18.2 Å². The first-order valence-corrected chi connectivity index (χ1v) is 7.02.